The smallest absolute Gasteiger partial charge is 0.195 e. The van der Waals surface area contributed by atoms with Crippen molar-refractivity contribution in [2.75, 3.05) is 5.32 Å². The third-order valence-corrected chi connectivity index (χ3v) is 3.14. The van der Waals surface area contributed by atoms with E-state index in [1.54, 1.807) is 0 Å². The monoisotopic (exact) mass is 246 g/mol. The minimum Gasteiger partial charge on any atom is -0.441 e. The van der Waals surface area contributed by atoms with Crippen LogP contribution in [-0.4, -0.2) is 11.0 Å². The summed E-state index contributed by atoms with van der Waals surface area (Å²) in [5, 5.41) is 3.51. The minimum absolute atomic E-state index is 0.500. The van der Waals surface area contributed by atoms with Crippen molar-refractivity contribution in [3.05, 3.63) is 24.1 Å². The fourth-order valence-electron chi connectivity index (χ4n) is 2.08. The molecule has 1 atom stereocenters. The molecule has 0 fully saturated rings. The molecule has 0 saturated heterocycles. The van der Waals surface area contributed by atoms with E-state index in [1.165, 1.54) is 19.3 Å². The Balaban J connectivity index is 2.09. The summed E-state index contributed by atoms with van der Waals surface area (Å²) in [6.07, 6.45) is 4.55. The van der Waals surface area contributed by atoms with Crippen molar-refractivity contribution in [2.45, 2.75) is 52.5 Å². The van der Waals surface area contributed by atoms with Crippen LogP contribution in [0, 0.1) is 0 Å². The van der Waals surface area contributed by atoms with Crippen molar-refractivity contribution in [2.24, 2.45) is 0 Å². The van der Waals surface area contributed by atoms with Gasteiger partial charge in [0.25, 0.3) is 0 Å². The van der Waals surface area contributed by atoms with Crippen LogP contribution < -0.4 is 5.32 Å². The molecule has 2 aromatic rings. The van der Waals surface area contributed by atoms with Crippen LogP contribution in [0.25, 0.3) is 11.1 Å². The van der Waals surface area contributed by atoms with Crippen molar-refractivity contribution in [1.82, 2.24) is 4.98 Å². The summed E-state index contributed by atoms with van der Waals surface area (Å²) >= 11 is 0. The molecule has 98 valence electrons. The van der Waals surface area contributed by atoms with Crippen LogP contribution in [0.2, 0.25) is 0 Å². The Labute approximate surface area is 109 Å². The number of rotatable bonds is 6. The molecule has 0 amide bonds. The molecule has 18 heavy (non-hydrogen) atoms. The Morgan fingerprint density at radius 1 is 1.33 bits per heavy atom. The molecule has 0 radical (unpaired) electrons. The topological polar surface area (TPSA) is 38.1 Å². The lowest BCUT2D eigenvalue weighted by Crippen LogP contribution is -2.14. The van der Waals surface area contributed by atoms with Crippen molar-refractivity contribution in [3.63, 3.8) is 0 Å². The summed E-state index contributed by atoms with van der Waals surface area (Å²) < 4.78 is 5.60. The number of nitrogens with zero attached hydrogens (tertiary/aromatic N) is 1. The van der Waals surface area contributed by atoms with E-state index in [1.807, 2.05) is 6.07 Å². The summed E-state index contributed by atoms with van der Waals surface area (Å²) in [6.45, 7) is 6.50. The summed E-state index contributed by atoms with van der Waals surface area (Å²) in [5.74, 6) is 0.807. The fourth-order valence-corrected chi connectivity index (χ4v) is 2.08. The van der Waals surface area contributed by atoms with Gasteiger partial charge in [0.1, 0.15) is 5.52 Å². The zero-order chi connectivity index (χ0) is 13.0. The molecule has 0 aliphatic heterocycles. The van der Waals surface area contributed by atoms with Crippen molar-refractivity contribution < 1.29 is 4.42 Å². The molecule has 0 spiro atoms. The predicted octanol–water partition coefficient (Wildman–Crippen LogP) is 4.38. The Kier molecular flexibility index (Phi) is 4.24. The number of hydrogen-bond donors (Lipinski definition) is 1. The second-order valence-corrected chi connectivity index (χ2v) is 4.83. The number of anilines is 1. The SMILES string of the molecule is CCCCC(C)Nc1ccc2oc(CC)nc2c1. The van der Waals surface area contributed by atoms with E-state index in [4.69, 9.17) is 4.42 Å². The lowest BCUT2D eigenvalue weighted by molar-refractivity contribution is 0.538. The van der Waals surface area contributed by atoms with Gasteiger partial charge < -0.3 is 9.73 Å². The van der Waals surface area contributed by atoms with Crippen LogP contribution >= 0.6 is 0 Å². The van der Waals surface area contributed by atoms with E-state index in [9.17, 15) is 0 Å². The fraction of sp³-hybridized carbons (Fsp3) is 0.533. The number of aromatic nitrogens is 1. The van der Waals surface area contributed by atoms with Gasteiger partial charge in [-0.25, -0.2) is 4.98 Å². The van der Waals surface area contributed by atoms with Crippen LogP contribution in [0.4, 0.5) is 5.69 Å². The lowest BCUT2D eigenvalue weighted by Gasteiger charge is -2.14. The molecule has 1 N–H and O–H groups in total. The van der Waals surface area contributed by atoms with Crippen molar-refractivity contribution in [3.8, 4) is 0 Å². The molecule has 1 aromatic heterocycles. The minimum atomic E-state index is 0.500. The standard InChI is InChI=1S/C15H22N2O/c1-4-6-7-11(3)16-12-8-9-14-13(10-12)17-15(5-2)18-14/h8-11,16H,4-7H2,1-3H3. The summed E-state index contributed by atoms with van der Waals surface area (Å²) in [4.78, 5) is 4.45. The van der Waals surface area contributed by atoms with E-state index in [0.717, 1.165) is 29.1 Å². The maximum Gasteiger partial charge on any atom is 0.195 e. The van der Waals surface area contributed by atoms with Gasteiger partial charge in [0.2, 0.25) is 0 Å². The van der Waals surface area contributed by atoms with Gasteiger partial charge in [-0.15, -0.1) is 0 Å². The lowest BCUT2D eigenvalue weighted by atomic mass is 10.1. The zero-order valence-electron chi connectivity index (χ0n) is 11.5. The molecule has 0 aliphatic carbocycles. The molecule has 3 nitrogen and oxygen atoms in total. The molecule has 0 aliphatic rings. The molecular formula is C15H22N2O. The van der Waals surface area contributed by atoms with Gasteiger partial charge in [-0.3, -0.25) is 0 Å². The molecule has 3 heteroatoms. The average molecular weight is 246 g/mol. The number of aryl methyl sites for hydroxylation is 1. The largest absolute Gasteiger partial charge is 0.441 e. The van der Waals surface area contributed by atoms with Crippen LogP contribution in [-0.2, 0) is 6.42 Å². The second kappa shape index (κ2) is 5.89. The van der Waals surface area contributed by atoms with E-state index in [-0.39, 0.29) is 0 Å². The highest BCUT2D eigenvalue weighted by Gasteiger charge is 2.06. The Hall–Kier alpha value is -1.51. The Morgan fingerprint density at radius 3 is 2.89 bits per heavy atom. The highest BCUT2D eigenvalue weighted by atomic mass is 16.3. The van der Waals surface area contributed by atoms with E-state index in [0.29, 0.717) is 6.04 Å². The van der Waals surface area contributed by atoms with Gasteiger partial charge in [-0.1, -0.05) is 26.7 Å². The molecule has 0 saturated carbocycles. The van der Waals surface area contributed by atoms with Gasteiger partial charge in [0.15, 0.2) is 11.5 Å². The van der Waals surface area contributed by atoms with E-state index < -0.39 is 0 Å². The third-order valence-electron chi connectivity index (χ3n) is 3.14. The molecule has 1 unspecified atom stereocenters. The quantitative estimate of drug-likeness (QED) is 0.822. The maximum atomic E-state index is 5.60. The maximum absolute atomic E-state index is 5.60. The van der Waals surface area contributed by atoms with Gasteiger partial charge in [0, 0.05) is 18.2 Å². The molecule has 1 heterocycles. The number of fused-ring (bicyclic) bond motifs is 1. The second-order valence-electron chi connectivity index (χ2n) is 4.83. The highest BCUT2D eigenvalue weighted by molar-refractivity contribution is 5.77. The first-order valence-electron chi connectivity index (χ1n) is 6.89. The molecule has 2 rings (SSSR count). The molecule has 1 aromatic carbocycles. The summed E-state index contributed by atoms with van der Waals surface area (Å²) in [5.41, 5.74) is 2.94. The number of unbranched alkanes of at least 4 members (excludes halogenated alkanes) is 1. The van der Waals surface area contributed by atoms with Gasteiger partial charge in [0.05, 0.1) is 0 Å². The first-order valence-corrected chi connectivity index (χ1v) is 6.89. The molecular weight excluding hydrogens is 224 g/mol. The number of benzene rings is 1. The average Bonchev–Trinajstić information content (AvgIpc) is 2.78. The van der Waals surface area contributed by atoms with Gasteiger partial charge >= 0.3 is 0 Å². The summed E-state index contributed by atoms with van der Waals surface area (Å²) in [6, 6.07) is 6.63. The number of oxazole rings is 1. The van der Waals surface area contributed by atoms with Crippen molar-refractivity contribution in [1.29, 1.82) is 0 Å². The Morgan fingerprint density at radius 2 is 2.17 bits per heavy atom. The van der Waals surface area contributed by atoms with E-state index >= 15 is 0 Å². The normalized spacial score (nSPS) is 12.8. The van der Waals surface area contributed by atoms with Gasteiger partial charge in [-0.05, 0) is 31.5 Å². The predicted molar refractivity (Wildman–Crippen MR) is 76.0 cm³/mol. The van der Waals surface area contributed by atoms with E-state index in [2.05, 4.69) is 43.2 Å². The van der Waals surface area contributed by atoms with Crippen LogP contribution in [0.1, 0.15) is 45.9 Å². The van der Waals surface area contributed by atoms with Crippen LogP contribution in [0.5, 0.6) is 0 Å². The number of nitrogens with one attached hydrogen (secondary N) is 1. The molecule has 0 bridgehead atoms. The van der Waals surface area contributed by atoms with Gasteiger partial charge in [-0.2, -0.15) is 0 Å². The van der Waals surface area contributed by atoms with Crippen LogP contribution in [0.3, 0.4) is 0 Å². The first kappa shape index (κ1) is 12.9. The number of hydrogen-bond acceptors (Lipinski definition) is 3. The third kappa shape index (κ3) is 3.03. The Bertz CT molecular complexity index is 504. The van der Waals surface area contributed by atoms with Crippen molar-refractivity contribution >= 4 is 16.8 Å². The van der Waals surface area contributed by atoms with Crippen LogP contribution in [0.15, 0.2) is 22.6 Å². The highest BCUT2D eigenvalue weighted by Crippen LogP contribution is 2.21. The first-order chi connectivity index (χ1) is 8.72. The zero-order valence-corrected chi connectivity index (χ0v) is 11.5. The summed E-state index contributed by atoms with van der Waals surface area (Å²) in [7, 11) is 0.